The highest BCUT2D eigenvalue weighted by Crippen LogP contribution is 2.22. The second kappa shape index (κ2) is 7.06. The van der Waals surface area contributed by atoms with Gasteiger partial charge >= 0.3 is 5.97 Å². The highest BCUT2D eigenvalue weighted by atomic mass is 79.9. The molecule has 1 atom stereocenters. The van der Waals surface area contributed by atoms with Crippen LogP contribution in [0, 0.1) is 0 Å². The van der Waals surface area contributed by atoms with Gasteiger partial charge in [-0.25, -0.2) is 4.79 Å². The number of nitrogens with one attached hydrogen (secondary N) is 1. The van der Waals surface area contributed by atoms with Crippen LogP contribution in [0.3, 0.4) is 0 Å². The van der Waals surface area contributed by atoms with E-state index in [1.54, 1.807) is 18.2 Å². The van der Waals surface area contributed by atoms with E-state index in [1.807, 2.05) is 0 Å². The SMILES string of the molecule is CC(CN1CCOCC1)Nc1cc(Br)ccc1C(=O)O. The quantitative estimate of drug-likeness (QED) is 0.859. The summed E-state index contributed by atoms with van der Waals surface area (Å²) in [5.41, 5.74) is 0.940. The lowest BCUT2D eigenvalue weighted by atomic mass is 10.1. The Balaban J connectivity index is 2.00. The van der Waals surface area contributed by atoms with Crippen molar-refractivity contribution in [3.63, 3.8) is 0 Å². The molecule has 1 saturated heterocycles. The van der Waals surface area contributed by atoms with E-state index in [9.17, 15) is 9.90 Å². The van der Waals surface area contributed by atoms with Crippen molar-refractivity contribution >= 4 is 27.6 Å². The van der Waals surface area contributed by atoms with E-state index in [1.165, 1.54) is 0 Å². The Labute approximate surface area is 127 Å². The molecule has 2 N–H and O–H groups in total. The third-order valence-electron chi connectivity index (χ3n) is 3.25. The molecule has 5 nitrogen and oxygen atoms in total. The van der Waals surface area contributed by atoms with Gasteiger partial charge in [-0.2, -0.15) is 0 Å². The minimum Gasteiger partial charge on any atom is -0.478 e. The Bertz CT molecular complexity index is 475. The van der Waals surface area contributed by atoms with Gasteiger partial charge in [0.05, 0.1) is 24.5 Å². The van der Waals surface area contributed by atoms with Crippen LogP contribution < -0.4 is 5.32 Å². The molecule has 110 valence electrons. The van der Waals surface area contributed by atoms with E-state index in [-0.39, 0.29) is 6.04 Å². The van der Waals surface area contributed by atoms with Gasteiger partial charge in [0, 0.05) is 30.1 Å². The van der Waals surface area contributed by atoms with Gasteiger partial charge < -0.3 is 15.2 Å². The summed E-state index contributed by atoms with van der Waals surface area (Å²) in [6.45, 7) is 6.32. The van der Waals surface area contributed by atoms with Crippen LogP contribution in [0.15, 0.2) is 22.7 Å². The monoisotopic (exact) mass is 342 g/mol. The summed E-state index contributed by atoms with van der Waals surface area (Å²) in [7, 11) is 0. The lowest BCUT2D eigenvalue weighted by Gasteiger charge is -2.30. The fraction of sp³-hybridized carbons (Fsp3) is 0.500. The Kier molecular flexibility index (Phi) is 5.39. The Hall–Kier alpha value is -1.11. The summed E-state index contributed by atoms with van der Waals surface area (Å²) in [5, 5.41) is 12.5. The topological polar surface area (TPSA) is 61.8 Å². The second-order valence-electron chi connectivity index (χ2n) is 4.95. The van der Waals surface area contributed by atoms with Gasteiger partial charge in [0.25, 0.3) is 0 Å². The standard InChI is InChI=1S/C14H19BrN2O3/c1-10(9-17-4-6-20-7-5-17)16-13-8-11(15)2-3-12(13)14(18)19/h2-3,8,10,16H,4-7,9H2,1H3,(H,18,19). The molecule has 1 aromatic carbocycles. The molecule has 0 amide bonds. The largest absolute Gasteiger partial charge is 0.478 e. The molecule has 1 aliphatic rings. The van der Waals surface area contributed by atoms with Gasteiger partial charge in [0.2, 0.25) is 0 Å². The predicted octanol–water partition coefficient (Wildman–Crippen LogP) is 2.28. The molecule has 1 aromatic rings. The number of ether oxygens (including phenoxy) is 1. The molecular formula is C14H19BrN2O3. The first-order valence-electron chi connectivity index (χ1n) is 6.66. The maximum atomic E-state index is 11.2. The van der Waals surface area contributed by atoms with Crippen molar-refractivity contribution < 1.29 is 14.6 Å². The Morgan fingerprint density at radius 2 is 2.20 bits per heavy atom. The van der Waals surface area contributed by atoms with Crippen molar-refractivity contribution in [1.29, 1.82) is 0 Å². The number of carboxylic acid groups (broad SMARTS) is 1. The maximum absolute atomic E-state index is 11.2. The molecule has 6 heteroatoms. The molecule has 0 aliphatic carbocycles. The first-order valence-corrected chi connectivity index (χ1v) is 7.45. The summed E-state index contributed by atoms with van der Waals surface area (Å²) in [6, 6.07) is 5.32. The minimum atomic E-state index is -0.918. The van der Waals surface area contributed by atoms with Crippen molar-refractivity contribution in [2.75, 3.05) is 38.2 Å². The normalized spacial score (nSPS) is 17.7. The number of nitrogens with zero attached hydrogens (tertiary/aromatic N) is 1. The Morgan fingerprint density at radius 3 is 2.85 bits per heavy atom. The van der Waals surface area contributed by atoms with Crippen LogP contribution in [0.2, 0.25) is 0 Å². The van der Waals surface area contributed by atoms with Crippen LogP contribution in [0.1, 0.15) is 17.3 Å². The number of anilines is 1. The molecular weight excluding hydrogens is 324 g/mol. The molecule has 0 bridgehead atoms. The number of carboxylic acids is 1. The highest BCUT2D eigenvalue weighted by Gasteiger charge is 2.16. The number of morpholine rings is 1. The van der Waals surface area contributed by atoms with Gasteiger partial charge in [-0.05, 0) is 25.1 Å². The Morgan fingerprint density at radius 1 is 1.50 bits per heavy atom. The molecule has 1 aliphatic heterocycles. The zero-order valence-electron chi connectivity index (χ0n) is 11.4. The number of hydrogen-bond donors (Lipinski definition) is 2. The van der Waals surface area contributed by atoms with Gasteiger partial charge in [0.15, 0.2) is 0 Å². The zero-order chi connectivity index (χ0) is 14.5. The van der Waals surface area contributed by atoms with Gasteiger partial charge in [0.1, 0.15) is 0 Å². The first-order chi connectivity index (χ1) is 9.56. The van der Waals surface area contributed by atoms with Crippen molar-refractivity contribution in [2.45, 2.75) is 13.0 Å². The van der Waals surface area contributed by atoms with Gasteiger partial charge in [-0.1, -0.05) is 15.9 Å². The molecule has 1 heterocycles. The minimum absolute atomic E-state index is 0.167. The van der Waals surface area contributed by atoms with Gasteiger partial charge in [-0.3, -0.25) is 4.90 Å². The van der Waals surface area contributed by atoms with Crippen molar-refractivity contribution in [3.8, 4) is 0 Å². The van der Waals surface area contributed by atoms with Crippen molar-refractivity contribution in [1.82, 2.24) is 4.90 Å². The smallest absolute Gasteiger partial charge is 0.337 e. The summed E-state index contributed by atoms with van der Waals surface area (Å²) in [4.78, 5) is 13.5. The molecule has 0 aromatic heterocycles. The molecule has 0 radical (unpaired) electrons. The van der Waals surface area contributed by atoms with E-state index in [2.05, 4.69) is 33.1 Å². The number of hydrogen-bond acceptors (Lipinski definition) is 4. The fourth-order valence-corrected chi connectivity index (χ4v) is 2.67. The summed E-state index contributed by atoms with van der Waals surface area (Å²) in [5.74, 6) is -0.918. The first kappa shape index (κ1) is 15.3. The molecule has 1 fully saturated rings. The van der Waals surface area contributed by atoms with Crippen molar-refractivity contribution in [2.24, 2.45) is 0 Å². The lowest BCUT2D eigenvalue weighted by molar-refractivity contribution is 0.0368. The summed E-state index contributed by atoms with van der Waals surface area (Å²) >= 11 is 3.37. The average Bonchev–Trinajstić information content (AvgIpc) is 2.39. The molecule has 0 spiro atoms. The van der Waals surface area contributed by atoms with E-state index in [0.29, 0.717) is 11.3 Å². The molecule has 20 heavy (non-hydrogen) atoms. The van der Waals surface area contributed by atoms with E-state index in [0.717, 1.165) is 37.3 Å². The van der Waals surface area contributed by atoms with Crippen LogP contribution in [-0.4, -0.2) is 54.9 Å². The number of halogens is 1. The number of benzene rings is 1. The third kappa shape index (κ3) is 4.19. The van der Waals surface area contributed by atoms with Crippen LogP contribution in [0.25, 0.3) is 0 Å². The van der Waals surface area contributed by atoms with Crippen molar-refractivity contribution in [3.05, 3.63) is 28.2 Å². The summed E-state index contributed by atoms with van der Waals surface area (Å²) in [6.07, 6.45) is 0. The second-order valence-corrected chi connectivity index (χ2v) is 5.87. The van der Waals surface area contributed by atoms with Crippen LogP contribution in [-0.2, 0) is 4.74 Å². The van der Waals surface area contributed by atoms with Crippen LogP contribution >= 0.6 is 15.9 Å². The van der Waals surface area contributed by atoms with E-state index >= 15 is 0 Å². The number of aromatic carboxylic acids is 1. The zero-order valence-corrected chi connectivity index (χ0v) is 13.0. The maximum Gasteiger partial charge on any atom is 0.337 e. The number of carbonyl (C=O) groups is 1. The number of rotatable bonds is 5. The summed E-state index contributed by atoms with van der Waals surface area (Å²) < 4.78 is 6.18. The van der Waals surface area contributed by atoms with Gasteiger partial charge in [-0.15, -0.1) is 0 Å². The van der Waals surface area contributed by atoms with E-state index < -0.39 is 5.97 Å². The molecule has 2 rings (SSSR count). The van der Waals surface area contributed by atoms with E-state index in [4.69, 9.17) is 4.74 Å². The predicted molar refractivity (Wildman–Crippen MR) is 81.4 cm³/mol. The lowest BCUT2D eigenvalue weighted by Crippen LogP contribution is -2.42. The fourth-order valence-electron chi connectivity index (χ4n) is 2.30. The van der Waals surface area contributed by atoms with Crippen LogP contribution in [0.5, 0.6) is 0 Å². The highest BCUT2D eigenvalue weighted by molar-refractivity contribution is 9.10. The molecule has 1 unspecified atom stereocenters. The van der Waals surface area contributed by atoms with Crippen LogP contribution in [0.4, 0.5) is 5.69 Å². The third-order valence-corrected chi connectivity index (χ3v) is 3.74. The average molecular weight is 343 g/mol. The molecule has 0 saturated carbocycles.